The van der Waals surface area contributed by atoms with Gasteiger partial charge in [-0.15, -0.1) is 0 Å². The number of aromatic nitrogens is 1. The molecule has 4 nitrogen and oxygen atoms in total. The molecule has 1 fully saturated rings. The summed E-state index contributed by atoms with van der Waals surface area (Å²) in [4.78, 5) is 0. The van der Waals surface area contributed by atoms with Crippen molar-refractivity contribution in [1.29, 1.82) is 0 Å². The van der Waals surface area contributed by atoms with Gasteiger partial charge in [-0.25, -0.2) is 0 Å². The first-order valence-electron chi connectivity index (χ1n) is 8.41. The summed E-state index contributed by atoms with van der Waals surface area (Å²) in [5.41, 5.74) is 5.05. The summed E-state index contributed by atoms with van der Waals surface area (Å²) in [5.74, 6) is 0.794. The molecular weight excluding hydrogens is 324 g/mol. The second kappa shape index (κ2) is 4.99. The Hall–Kier alpha value is -1.52. The highest BCUT2D eigenvalue weighted by molar-refractivity contribution is 6.33. The third-order valence-electron chi connectivity index (χ3n) is 5.62. The highest BCUT2D eigenvalue weighted by atomic mass is 35.5. The first-order valence-corrected chi connectivity index (χ1v) is 8.79. The first-order chi connectivity index (χ1) is 11.2. The van der Waals surface area contributed by atoms with E-state index in [1.165, 1.54) is 5.56 Å². The van der Waals surface area contributed by atoms with E-state index >= 15 is 0 Å². The Balaban J connectivity index is 1.95. The Morgan fingerprint density at radius 3 is 2.67 bits per heavy atom. The smallest absolute Gasteiger partial charge is 0.141 e. The normalized spacial score (nSPS) is 27.5. The van der Waals surface area contributed by atoms with Gasteiger partial charge >= 0.3 is 0 Å². The molecule has 0 aliphatic carbocycles. The predicted molar refractivity (Wildman–Crippen MR) is 95.8 cm³/mol. The molecule has 128 valence electrons. The molecule has 2 atom stereocenters. The Morgan fingerprint density at radius 2 is 2.00 bits per heavy atom. The number of fused-ring (bicyclic) bond motifs is 3. The molecule has 0 amide bonds. The van der Waals surface area contributed by atoms with Crippen LogP contribution in [0.1, 0.15) is 44.2 Å². The lowest BCUT2D eigenvalue weighted by Crippen LogP contribution is -2.56. The predicted octanol–water partition coefficient (Wildman–Crippen LogP) is 4.86. The molecule has 24 heavy (non-hydrogen) atoms. The first kappa shape index (κ1) is 16.0. The molecule has 3 heterocycles. The number of nitrogens with one attached hydrogen (secondary N) is 1. The zero-order valence-corrected chi connectivity index (χ0v) is 15.5. The molecule has 0 saturated carbocycles. The topological polar surface area (TPSA) is 47.3 Å². The van der Waals surface area contributed by atoms with Crippen LogP contribution in [0.2, 0.25) is 5.02 Å². The van der Waals surface area contributed by atoms with E-state index < -0.39 is 0 Å². The van der Waals surface area contributed by atoms with E-state index in [9.17, 15) is 0 Å². The van der Waals surface area contributed by atoms with Crippen LogP contribution in [-0.4, -0.2) is 23.4 Å². The average molecular weight is 347 g/mol. The van der Waals surface area contributed by atoms with Crippen molar-refractivity contribution >= 4 is 17.3 Å². The highest BCUT2D eigenvalue weighted by Gasteiger charge is 2.53. The van der Waals surface area contributed by atoms with Crippen molar-refractivity contribution in [3.63, 3.8) is 0 Å². The molecule has 0 bridgehead atoms. The van der Waals surface area contributed by atoms with E-state index in [0.717, 1.165) is 41.3 Å². The third-order valence-corrected chi connectivity index (χ3v) is 5.93. The van der Waals surface area contributed by atoms with E-state index in [1.54, 1.807) is 0 Å². The van der Waals surface area contributed by atoms with Gasteiger partial charge in [-0.1, -0.05) is 23.7 Å². The number of hydrogen-bond donors (Lipinski definition) is 1. The van der Waals surface area contributed by atoms with Crippen LogP contribution in [0, 0.1) is 13.8 Å². The van der Waals surface area contributed by atoms with Crippen LogP contribution < -0.4 is 5.32 Å². The number of aryl methyl sites for hydroxylation is 2. The molecule has 1 saturated heterocycles. The van der Waals surface area contributed by atoms with Crippen molar-refractivity contribution in [2.45, 2.75) is 58.1 Å². The highest BCUT2D eigenvalue weighted by Crippen LogP contribution is 2.52. The number of benzene rings is 1. The quantitative estimate of drug-likeness (QED) is 0.800. The minimum Gasteiger partial charge on any atom is -0.377 e. The lowest BCUT2D eigenvalue weighted by atomic mass is 9.66. The minimum atomic E-state index is -0.133. The van der Waals surface area contributed by atoms with Gasteiger partial charge in [0.05, 0.1) is 22.4 Å². The monoisotopic (exact) mass is 346 g/mol. The SMILES string of the molecule is Cc1noc(C)c1-c1cc2c(cc1Cl)NC(C)(C)C1OCCC21C. The molecule has 1 aromatic carbocycles. The van der Waals surface area contributed by atoms with Crippen molar-refractivity contribution in [2.75, 3.05) is 11.9 Å². The zero-order chi connectivity index (χ0) is 17.3. The Kier molecular flexibility index (Phi) is 3.32. The minimum absolute atomic E-state index is 0.0254. The van der Waals surface area contributed by atoms with Gasteiger partial charge < -0.3 is 14.6 Å². The maximum Gasteiger partial charge on any atom is 0.141 e. The summed E-state index contributed by atoms with van der Waals surface area (Å²) in [7, 11) is 0. The molecule has 0 radical (unpaired) electrons. The summed E-state index contributed by atoms with van der Waals surface area (Å²) >= 11 is 6.64. The van der Waals surface area contributed by atoms with Crippen molar-refractivity contribution < 1.29 is 9.26 Å². The molecule has 4 rings (SSSR count). The van der Waals surface area contributed by atoms with Crippen LogP contribution in [0.3, 0.4) is 0 Å². The van der Waals surface area contributed by atoms with E-state index in [4.69, 9.17) is 20.9 Å². The molecule has 2 unspecified atom stereocenters. The maximum absolute atomic E-state index is 6.64. The summed E-state index contributed by atoms with van der Waals surface area (Å²) in [6, 6.07) is 4.24. The number of ether oxygens (including phenoxy) is 1. The van der Waals surface area contributed by atoms with Gasteiger partial charge in [-0.3, -0.25) is 0 Å². The fraction of sp³-hybridized carbons (Fsp3) is 0.526. The van der Waals surface area contributed by atoms with Crippen molar-refractivity contribution in [3.8, 4) is 11.1 Å². The lowest BCUT2D eigenvalue weighted by molar-refractivity contribution is 0.0353. The molecule has 2 aliphatic heterocycles. The second-order valence-corrected chi connectivity index (χ2v) is 8.25. The van der Waals surface area contributed by atoms with Gasteiger partial charge in [0.15, 0.2) is 0 Å². The average Bonchev–Trinajstić information content (AvgIpc) is 3.04. The summed E-state index contributed by atoms with van der Waals surface area (Å²) < 4.78 is 11.5. The van der Waals surface area contributed by atoms with Gasteiger partial charge in [0.2, 0.25) is 0 Å². The molecule has 2 aromatic rings. The van der Waals surface area contributed by atoms with E-state index in [1.807, 2.05) is 19.9 Å². The van der Waals surface area contributed by atoms with Gasteiger partial charge in [0.1, 0.15) is 5.76 Å². The van der Waals surface area contributed by atoms with Crippen LogP contribution in [-0.2, 0) is 10.2 Å². The summed E-state index contributed by atoms with van der Waals surface area (Å²) in [5, 5.41) is 8.42. The Labute approximate surface area is 147 Å². The second-order valence-electron chi connectivity index (χ2n) is 7.84. The van der Waals surface area contributed by atoms with Crippen LogP contribution in [0.25, 0.3) is 11.1 Å². The number of anilines is 1. The van der Waals surface area contributed by atoms with Crippen LogP contribution in [0.4, 0.5) is 5.69 Å². The van der Waals surface area contributed by atoms with Gasteiger partial charge in [0, 0.05) is 28.8 Å². The number of rotatable bonds is 1. The van der Waals surface area contributed by atoms with Gasteiger partial charge in [-0.2, -0.15) is 0 Å². The number of hydrogen-bond acceptors (Lipinski definition) is 4. The Morgan fingerprint density at radius 1 is 1.25 bits per heavy atom. The van der Waals surface area contributed by atoms with E-state index in [2.05, 4.69) is 37.3 Å². The molecular formula is C19H23ClN2O2. The van der Waals surface area contributed by atoms with Crippen molar-refractivity contribution in [2.24, 2.45) is 0 Å². The summed E-state index contributed by atoms with van der Waals surface area (Å²) in [6.45, 7) is 11.4. The standard InChI is InChI=1S/C19H23ClN2O2/c1-10-16(11(2)24-22-10)12-8-13-15(9-14(12)20)21-18(3,4)17-19(13,5)6-7-23-17/h8-9,17,21H,6-7H2,1-5H3. The maximum atomic E-state index is 6.64. The van der Waals surface area contributed by atoms with Crippen molar-refractivity contribution in [1.82, 2.24) is 5.16 Å². The molecule has 0 spiro atoms. The van der Waals surface area contributed by atoms with Crippen LogP contribution in [0.15, 0.2) is 16.7 Å². The number of halogens is 1. The lowest BCUT2D eigenvalue weighted by Gasteiger charge is -2.48. The van der Waals surface area contributed by atoms with E-state index in [0.29, 0.717) is 5.02 Å². The molecule has 1 aromatic heterocycles. The van der Waals surface area contributed by atoms with Crippen LogP contribution in [0.5, 0.6) is 0 Å². The third kappa shape index (κ3) is 2.06. The van der Waals surface area contributed by atoms with Crippen LogP contribution >= 0.6 is 11.6 Å². The molecule has 2 aliphatic rings. The van der Waals surface area contributed by atoms with Gasteiger partial charge in [0.25, 0.3) is 0 Å². The Bertz CT molecular complexity index is 808. The van der Waals surface area contributed by atoms with E-state index in [-0.39, 0.29) is 17.1 Å². The molecule has 1 N–H and O–H groups in total. The fourth-order valence-electron chi connectivity index (χ4n) is 4.61. The molecule has 5 heteroatoms. The van der Waals surface area contributed by atoms with Crippen molar-refractivity contribution in [3.05, 3.63) is 34.2 Å². The number of nitrogens with zero attached hydrogens (tertiary/aromatic N) is 1. The zero-order valence-electron chi connectivity index (χ0n) is 14.8. The van der Waals surface area contributed by atoms with Gasteiger partial charge in [-0.05, 0) is 51.8 Å². The summed E-state index contributed by atoms with van der Waals surface area (Å²) in [6.07, 6.45) is 1.15. The fourth-order valence-corrected chi connectivity index (χ4v) is 4.86. The largest absolute Gasteiger partial charge is 0.377 e.